The summed E-state index contributed by atoms with van der Waals surface area (Å²) in [7, 11) is 0. The number of benzene rings is 1. The van der Waals surface area contributed by atoms with Crippen molar-refractivity contribution in [1.82, 2.24) is 5.32 Å². The van der Waals surface area contributed by atoms with Gasteiger partial charge in [0, 0.05) is 21.3 Å². The molecule has 6 nitrogen and oxygen atoms in total. The van der Waals surface area contributed by atoms with E-state index in [2.05, 4.69) is 26.6 Å². The van der Waals surface area contributed by atoms with Crippen LogP contribution < -0.4 is 10.6 Å². The van der Waals surface area contributed by atoms with Gasteiger partial charge in [-0.15, -0.1) is 0 Å². The van der Waals surface area contributed by atoms with Gasteiger partial charge in [0.05, 0.1) is 0 Å². The van der Waals surface area contributed by atoms with Gasteiger partial charge in [0.2, 0.25) is 0 Å². The van der Waals surface area contributed by atoms with Crippen LogP contribution in [0.5, 0.6) is 0 Å². The molecule has 0 aliphatic heterocycles. The minimum absolute atomic E-state index is 0.0249. The Morgan fingerprint density at radius 3 is 2.24 bits per heavy atom. The SMILES string of the molecule is C/C(C(=O)O)=C(/C)C(=O)NC(=O)Nc1cc(C)cc(Br)c1. The van der Waals surface area contributed by atoms with Crippen molar-refractivity contribution in [3.63, 3.8) is 0 Å². The quantitative estimate of drug-likeness (QED) is 0.727. The summed E-state index contributed by atoms with van der Waals surface area (Å²) in [6.45, 7) is 4.50. The molecule has 0 aromatic heterocycles. The Bertz CT molecular complexity index is 618. The Morgan fingerprint density at radius 1 is 1.10 bits per heavy atom. The molecule has 112 valence electrons. The molecule has 1 aromatic rings. The highest BCUT2D eigenvalue weighted by molar-refractivity contribution is 9.10. The first-order valence-electron chi connectivity index (χ1n) is 6.01. The molecule has 3 amide bonds. The van der Waals surface area contributed by atoms with Gasteiger partial charge in [0.25, 0.3) is 5.91 Å². The van der Waals surface area contributed by atoms with E-state index in [1.807, 2.05) is 13.0 Å². The average molecular weight is 355 g/mol. The molecule has 7 heteroatoms. The highest BCUT2D eigenvalue weighted by Gasteiger charge is 2.15. The van der Waals surface area contributed by atoms with Crippen molar-refractivity contribution in [3.05, 3.63) is 39.4 Å². The number of urea groups is 1. The number of halogens is 1. The molecule has 1 rings (SSSR count). The smallest absolute Gasteiger partial charge is 0.331 e. The lowest BCUT2D eigenvalue weighted by molar-refractivity contribution is -0.133. The summed E-state index contributed by atoms with van der Waals surface area (Å²) in [4.78, 5) is 34.2. The van der Waals surface area contributed by atoms with Gasteiger partial charge in [-0.05, 0) is 44.5 Å². The predicted octanol–water partition coefficient (Wildman–Crippen LogP) is 2.83. The molecule has 0 spiro atoms. The van der Waals surface area contributed by atoms with Gasteiger partial charge in [0.15, 0.2) is 0 Å². The minimum Gasteiger partial charge on any atom is -0.478 e. The van der Waals surface area contributed by atoms with Crippen molar-refractivity contribution >= 4 is 39.5 Å². The fourth-order valence-corrected chi connectivity index (χ4v) is 2.11. The van der Waals surface area contributed by atoms with E-state index in [0.717, 1.165) is 10.0 Å². The number of carbonyl (C=O) groups excluding carboxylic acids is 2. The largest absolute Gasteiger partial charge is 0.478 e. The number of rotatable bonds is 3. The molecule has 1 aromatic carbocycles. The second-order valence-corrected chi connectivity index (χ2v) is 5.40. The van der Waals surface area contributed by atoms with E-state index in [1.54, 1.807) is 12.1 Å². The lowest BCUT2D eigenvalue weighted by Gasteiger charge is -2.09. The Morgan fingerprint density at radius 2 is 1.71 bits per heavy atom. The molecular weight excluding hydrogens is 340 g/mol. The third-order valence-corrected chi connectivity index (χ3v) is 3.21. The molecule has 0 aliphatic carbocycles. The molecule has 0 radical (unpaired) electrons. The summed E-state index contributed by atoms with van der Waals surface area (Å²) in [5.74, 6) is -1.95. The standard InChI is InChI=1S/C14H15BrN2O4/c1-7-4-10(15)6-11(5-7)16-14(21)17-12(18)8(2)9(3)13(19)20/h4-6H,1-3H3,(H,19,20)(H2,16,17,18,21)/b9-8+. The second kappa shape index (κ2) is 7.03. The predicted molar refractivity (Wildman–Crippen MR) is 82.1 cm³/mol. The van der Waals surface area contributed by atoms with E-state index >= 15 is 0 Å². The molecule has 3 N–H and O–H groups in total. The van der Waals surface area contributed by atoms with E-state index in [4.69, 9.17) is 5.11 Å². The van der Waals surface area contributed by atoms with Crippen LogP contribution in [0.25, 0.3) is 0 Å². The fraction of sp³-hybridized carbons (Fsp3) is 0.214. The highest BCUT2D eigenvalue weighted by atomic mass is 79.9. The first kappa shape index (κ1) is 16.9. The van der Waals surface area contributed by atoms with Crippen molar-refractivity contribution in [1.29, 1.82) is 0 Å². The molecule has 21 heavy (non-hydrogen) atoms. The number of carboxylic acids is 1. The summed E-state index contributed by atoms with van der Waals surface area (Å²) < 4.78 is 0.793. The van der Waals surface area contributed by atoms with Crippen LogP contribution in [0.15, 0.2) is 33.8 Å². The number of aliphatic carboxylic acids is 1. The summed E-state index contributed by atoms with van der Waals surface area (Å²) in [6.07, 6.45) is 0. The van der Waals surface area contributed by atoms with Crippen molar-refractivity contribution in [2.45, 2.75) is 20.8 Å². The van der Waals surface area contributed by atoms with Crippen LogP contribution in [-0.2, 0) is 9.59 Å². The third-order valence-electron chi connectivity index (χ3n) is 2.75. The Hall–Kier alpha value is -2.15. The van der Waals surface area contributed by atoms with Crippen LogP contribution >= 0.6 is 15.9 Å². The number of anilines is 1. The van der Waals surface area contributed by atoms with Crippen LogP contribution in [0.2, 0.25) is 0 Å². The highest BCUT2D eigenvalue weighted by Crippen LogP contribution is 2.18. The maximum absolute atomic E-state index is 11.7. The molecule has 0 bridgehead atoms. The molecule has 0 fully saturated rings. The molecule has 0 heterocycles. The summed E-state index contributed by atoms with van der Waals surface area (Å²) >= 11 is 3.30. The lowest BCUT2D eigenvalue weighted by atomic mass is 10.1. The maximum atomic E-state index is 11.7. The Kier molecular flexibility index (Phi) is 5.66. The van der Waals surface area contributed by atoms with Gasteiger partial charge < -0.3 is 10.4 Å². The second-order valence-electron chi connectivity index (χ2n) is 4.48. The normalized spacial score (nSPS) is 11.4. The van der Waals surface area contributed by atoms with Crippen molar-refractivity contribution in [2.24, 2.45) is 0 Å². The van der Waals surface area contributed by atoms with E-state index in [1.165, 1.54) is 13.8 Å². The number of hydrogen-bond acceptors (Lipinski definition) is 3. The lowest BCUT2D eigenvalue weighted by Crippen LogP contribution is -2.35. The first-order chi connectivity index (χ1) is 9.70. The zero-order valence-electron chi connectivity index (χ0n) is 11.8. The molecule has 0 saturated carbocycles. The van der Waals surface area contributed by atoms with E-state index in [-0.39, 0.29) is 11.1 Å². The maximum Gasteiger partial charge on any atom is 0.331 e. The van der Waals surface area contributed by atoms with Crippen LogP contribution in [0.3, 0.4) is 0 Å². The van der Waals surface area contributed by atoms with Crippen LogP contribution in [0.1, 0.15) is 19.4 Å². The number of hydrogen-bond donors (Lipinski definition) is 3. The summed E-state index contributed by atoms with van der Waals surface area (Å²) in [5.41, 5.74) is 1.31. The van der Waals surface area contributed by atoms with E-state index in [0.29, 0.717) is 5.69 Å². The fourth-order valence-electron chi connectivity index (χ4n) is 1.50. The van der Waals surface area contributed by atoms with Crippen molar-refractivity contribution < 1.29 is 19.5 Å². The van der Waals surface area contributed by atoms with Crippen molar-refractivity contribution in [2.75, 3.05) is 5.32 Å². The van der Waals surface area contributed by atoms with Gasteiger partial charge in [0.1, 0.15) is 0 Å². The van der Waals surface area contributed by atoms with Crippen LogP contribution in [-0.4, -0.2) is 23.0 Å². The molecule has 0 atom stereocenters. The monoisotopic (exact) mass is 354 g/mol. The molecule has 0 unspecified atom stereocenters. The Labute approximate surface area is 130 Å². The number of aryl methyl sites for hydroxylation is 1. The van der Waals surface area contributed by atoms with Gasteiger partial charge in [-0.3, -0.25) is 10.1 Å². The van der Waals surface area contributed by atoms with Crippen molar-refractivity contribution in [3.8, 4) is 0 Å². The number of carbonyl (C=O) groups is 3. The molecule has 0 saturated heterocycles. The number of carboxylic acid groups (broad SMARTS) is 1. The zero-order chi connectivity index (χ0) is 16.2. The minimum atomic E-state index is -1.20. The van der Waals surface area contributed by atoms with Gasteiger partial charge in [-0.2, -0.15) is 0 Å². The van der Waals surface area contributed by atoms with Crippen LogP contribution in [0.4, 0.5) is 10.5 Å². The van der Waals surface area contributed by atoms with Gasteiger partial charge >= 0.3 is 12.0 Å². The number of imide groups is 1. The van der Waals surface area contributed by atoms with Crippen LogP contribution in [0, 0.1) is 6.92 Å². The van der Waals surface area contributed by atoms with E-state index < -0.39 is 17.9 Å². The first-order valence-corrected chi connectivity index (χ1v) is 6.80. The number of amides is 3. The van der Waals surface area contributed by atoms with E-state index in [9.17, 15) is 14.4 Å². The summed E-state index contributed by atoms with van der Waals surface area (Å²) in [6, 6.07) is 4.56. The topological polar surface area (TPSA) is 95.5 Å². The number of nitrogens with one attached hydrogen (secondary N) is 2. The molecular formula is C14H15BrN2O4. The average Bonchev–Trinajstić information content (AvgIpc) is 2.35. The van der Waals surface area contributed by atoms with Gasteiger partial charge in [-0.25, -0.2) is 9.59 Å². The third kappa shape index (κ3) is 5.03. The zero-order valence-corrected chi connectivity index (χ0v) is 13.4. The Balaban J connectivity index is 2.76. The molecule has 0 aliphatic rings. The van der Waals surface area contributed by atoms with Gasteiger partial charge in [-0.1, -0.05) is 15.9 Å². The summed E-state index contributed by atoms with van der Waals surface area (Å²) in [5, 5.41) is 13.4.